The summed E-state index contributed by atoms with van der Waals surface area (Å²) >= 11 is 5.29. The summed E-state index contributed by atoms with van der Waals surface area (Å²) in [6, 6.07) is 17.2. The molecule has 0 saturated carbocycles. The molecular weight excluding hydrogens is 396 g/mol. The molecule has 0 fully saturated rings. The average Bonchev–Trinajstić information content (AvgIpc) is 2.71. The van der Waals surface area contributed by atoms with Crippen molar-refractivity contribution >= 4 is 40.5 Å². The molecular formula is C24H18N2O3S. The number of carbonyl (C=O) groups excluding carboxylic acids is 3. The number of rotatable bonds is 2. The van der Waals surface area contributed by atoms with Crippen LogP contribution in [0.4, 0.5) is 5.69 Å². The van der Waals surface area contributed by atoms with Gasteiger partial charge in [-0.1, -0.05) is 54.1 Å². The number of amides is 1. The SMILES string of the molecule is Cc1ccc(C(=O)NC(=S)Nc2cccc3c2C(=O)c2ccccc2C3=O)c(C)c1. The number of fused-ring (bicyclic) bond motifs is 2. The molecule has 0 spiro atoms. The highest BCUT2D eigenvalue weighted by Crippen LogP contribution is 2.31. The molecule has 3 aromatic carbocycles. The summed E-state index contributed by atoms with van der Waals surface area (Å²) in [6.45, 7) is 3.81. The number of nitrogens with one attached hydrogen (secondary N) is 2. The van der Waals surface area contributed by atoms with Crippen molar-refractivity contribution in [3.05, 3.63) is 99.6 Å². The van der Waals surface area contributed by atoms with Crippen LogP contribution in [-0.4, -0.2) is 22.6 Å². The molecule has 1 aliphatic carbocycles. The van der Waals surface area contributed by atoms with Crippen LogP contribution in [0.25, 0.3) is 0 Å². The highest BCUT2D eigenvalue weighted by Gasteiger charge is 2.31. The molecule has 0 bridgehead atoms. The number of ketones is 2. The Hall–Kier alpha value is -3.64. The number of hydrogen-bond donors (Lipinski definition) is 2. The second-order valence-electron chi connectivity index (χ2n) is 7.16. The Morgan fingerprint density at radius 1 is 0.833 bits per heavy atom. The second-order valence-corrected chi connectivity index (χ2v) is 7.57. The number of aryl methyl sites for hydroxylation is 2. The fourth-order valence-electron chi connectivity index (χ4n) is 3.64. The van der Waals surface area contributed by atoms with E-state index in [2.05, 4.69) is 10.6 Å². The van der Waals surface area contributed by atoms with Gasteiger partial charge in [-0.05, 0) is 43.8 Å². The van der Waals surface area contributed by atoms with Crippen LogP contribution in [0.2, 0.25) is 0 Å². The van der Waals surface area contributed by atoms with Crippen molar-refractivity contribution in [1.29, 1.82) is 0 Å². The molecule has 0 saturated heterocycles. The lowest BCUT2D eigenvalue weighted by atomic mass is 9.83. The van der Waals surface area contributed by atoms with Gasteiger partial charge in [-0.2, -0.15) is 0 Å². The van der Waals surface area contributed by atoms with Crippen molar-refractivity contribution in [2.24, 2.45) is 0 Å². The summed E-state index contributed by atoms with van der Waals surface area (Å²) in [7, 11) is 0. The molecule has 5 nitrogen and oxygen atoms in total. The Kier molecular flexibility index (Phi) is 5.01. The van der Waals surface area contributed by atoms with Crippen molar-refractivity contribution in [2.75, 3.05) is 5.32 Å². The molecule has 0 aromatic heterocycles. The van der Waals surface area contributed by atoms with E-state index in [1.807, 2.05) is 26.0 Å². The molecule has 0 atom stereocenters. The normalized spacial score (nSPS) is 12.1. The first-order valence-electron chi connectivity index (χ1n) is 9.38. The van der Waals surface area contributed by atoms with E-state index in [9.17, 15) is 14.4 Å². The van der Waals surface area contributed by atoms with Gasteiger partial charge in [-0.3, -0.25) is 19.7 Å². The number of hydrogen-bond acceptors (Lipinski definition) is 4. The number of benzene rings is 3. The zero-order valence-corrected chi connectivity index (χ0v) is 17.2. The van der Waals surface area contributed by atoms with Crippen molar-refractivity contribution in [3.8, 4) is 0 Å². The molecule has 1 amide bonds. The first kappa shape index (κ1) is 19.7. The Balaban J connectivity index is 1.60. The van der Waals surface area contributed by atoms with Gasteiger partial charge in [0.05, 0.1) is 11.3 Å². The maximum Gasteiger partial charge on any atom is 0.257 e. The van der Waals surface area contributed by atoms with Crippen LogP contribution in [-0.2, 0) is 0 Å². The van der Waals surface area contributed by atoms with E-state index in [0.29, 0.717) is 27.9 Å². The summed E-state index contributed by atoms with van der Waals surface area (Å²) in [5, 5.41) is 5.60. The third kappa shape index (κ3) is 3.42. The van der Waals surface area contributed by atoms with Gasteiger partial charge in [0.15, 0.2) is 16.7 Å². The highest BCUT2D eigenvalue weighted by molar-refractivity contribution is 7.80. The lowest BCUT2D eigenvalue weighted by Gasteiger charge is -2.21. The Bertz CT molecular complexity index is 1250. The summed E-state index contributed by atoms with van der Waals surface area (Å²) < 4.78 is 0. The van der Waals surface area contributed by atoms with Gasteiger partial charge in [0.25, 0.3) is 5.91 Å². The summed E-state index contributed by atoms with van der Waals surface area (Å²) in [6.07, 6.45) is 0. The van der Waals surface area contributed by atoms with E-state index in [1.54, 1.807) is 48.5 Å². The van der Waals surface area contributed by atoms with Crippen molar-refractivity contribution < 1.29 is 14.4 Å². The Labute approximate surface area is 179 Å². The van der Waals surface area contributed by atoms with Crippen molar-refractivity contribution in [3.63, 3.8) is 0 Å². The number of thiocarbonyl (C=S) groups is 1. The fourth-order valence-corrected chi connectivity index (χ4v) is 3.84. The molecule has 6 heteroatoms. The molecule has 1 aliphatic rings. The Morgan fingerprint density at radius 2 is 1.50 bits per heavy atom. The molecule has 0 aliphatic heterocycles. The maximum atomic E-state index is 13.1. The molecule has 4 rings (SSSR count). The summed E-state index contributed by atoms with van der Waals surface area (Å²) in [5.41, 5.74) is 4.10. The number of carbonyl (C=O) groups is 3. The van der Waals surface area contributed by atoms with Crippen molar-refractivity contribution in [2.45, 2.75) is 13.8 Å². The minimum Gasteiger partial charge on any atom is -0.332 e. The maximum absolute atomic E-state index is 13.1. The van der Waals surface area contributed by atoms with E-state index >= 15 is 0 Å². The van der Waals surface area contributed by atoms with Gasteiger partial charge in [0, 0.05) is 22.3 Å². The van der Waals surface area contributed by atoms with Crippen LogP contribution in [0.3, 0.4) is 0 Å². The zero-order chi connectivity index (χ0) is 21.4. The van der Waals surface area contributed by atoms with Gasteiger partial charge >= 0.3 is 0 Å². The monoisotopic (exact) mass is 414 g/mol. The van der Waals surface area contributed by atoms with Crippen LogP contribution in [0.5, 0.6) is 0 Å². The molecule has 148 valence electrons. The number of anilines is 1. The second kappa shape index (κ2) is 7.65. The topological polar surface area (TPSA) is 75.3 Å². The zero-order valence-electron chi connectivity index (χ0n) is 16.4. The highest BCUT2D eigenvalue weighted by atomic mass is 32.1. The molecule has 0 unspecified atom stereocenters. The van der Waals surface area contributed by atoms with Crippen LogP contribution >= 0.6 is 12.2 Å². The lowest BCUT2D eigenvalue weighted by Crippen LogP contribution is -2.35. The third-order valence-corrected chi connectivity index (χ3v) is 5.26. The first-order valence-corrected chi connectivity index (χ1v) is 9.78. The van der Waals surface area contributed by atoms with E-state index < -0.39 is 0 Å². The first-order chi connectivity index (χ1) is 14.4. The standard InChI is InChI=1S/C24H18N2O3S/c1-13-10-11-15(14(2)12-13)23(29)26-24(30)25-19-9-5-8-18-20(19)22(28)17-7-4-3-6-16(17)21(18)27/h3-12H,1-2H3,(H2,25,26,29,30). The smallest absolute Gasteiger partial charge is 0.257 e. The molecule has 0 heterocycles. The quantitative estimate of drug-likeness (QED) is 0.481. The lowest BCUT2D eigenvalue weighted by molar-refractivity contribution is 0.0976. The molecule has 3 aromatic rings. The van der Waals surface area contributed by atoms with E-state index in [4.69, 9.17) is 12.2 Å². The van der Waals surface area contributed by atoms with Crippen LogP contribution in [0, 0.1) is 13.8 Å². The van der Waals surface area contributed by atoms with Gasteiger partial charge in [0.1, 0.15) is 0 Å². The van der Waals surface area contributed by atoms with Crippen molar-refractivity contribution in [1.82, 2.24) is 5.32 Å². The molecule has 2 N–H and O–H groups in total. The van der Waals surface area contributed by atoms with Gasteiger partial charge < -0.3 is 5.32 Å². The Morgan fingerprint density at radius 3 is 2.20 bits per heavy atom. The average molecular weight is 414 g/mol. The van der Waals surface area contributed by atoms with E-state index in [0.717, 1.165) is 11.1 Å². The predicted octanol–water partition coefficient (Wildman–Crippen LogP) is 4.21. The minimum atomic E-state index is -0.345. The van der Waals surface area contributed by atoms with Gasteiger partial charge in [0.2, 0.25) is 0 Å². The van der Waals surface area contributed by atoms with Gasteiger partial charge in [-0.15, -0.1) is 0 Å². The van der Waals surface area contributed by atoms with Crippen LogP contribution in [0.15, 0.2) is 60.7 Å². The summed E-state index contributed by atoms with van der Waals surface area (Å²) in [4.78, 5) is 38.5. The van der Waals surface area contributed by atoms with E-state index in [-0.39, 0.29) is 28.1 Å². The molecule has 0 radical (unpaired) electrons. The third-order valence-electron chi connectivity index (χ3n) is 5.05. The van der Waals surface area contributed by atoms with Gasteiger partial charge in [-0.25, -0.2) is 0 Å². The minimum absolute atomic E-state index is 0.0486. The summed E-state index contributed by atoms with van der Waals surface area (Å²) in [5.74, 6) is -0.816. The fraction of sp³-hybridized carbons (Fsp3) is 0.0833. The molecule has 30 heavy (non-hydrogen) atoms. The van der Waals surface area contributed by atoms with E-state index in [1.165, 1.54) is 0 Å². The van der Waals surface area contributed by atoms with Crippen LogP contribution < -0.4 is 10.6 Å². The van der Waals surface area contributed by atoms with Crippen LogP contribution in [0.1, 0.15) is 53.3 Å². The predicted molar refractivity (Wildman–Crippen MR) is 119 cm³/mol. The largest absolute Gasteiger partial charge is 0.332 e.